The highest BCUT2D eigenvalue weighted by molar-refractivity contribution is 7.29. The Kier molecular flexibility index (Phi) is 11.3. The second-order valence-corrected chi connectivity index (χ2v) is 18.4. The first-order valence-electron chi connectivity index (χ1n) is 17.4. The van der Waals surface area contributed by atoms with Gasteiger partial charge >= 0.3 is 0 Å². The molecule has 7 aromatic heterocycles. The predicted molar refractivity (Wildman–Crippen MR) is 219 cm³/mol. The smallest absolute Gasteiger partial charge is 0.0888 e. The molecule has 0 amide bonds. The van der Waals surface area contributed by atoms with Gasteiger partial charge in [0.1, 0.15) is 0 Å². The van der Waals surface area contributed by atoms with Crippen LogP contribution in [0.5, 0.6) is 0 Å². The molecule has 0 spiro atoms. The zero-order valence-corrected chi connectivity index (χ0v) is 32.5. The van der Waals surface area contributed by atoms with Crippen LogP contribution in [0.15, 0.2) is 97.3 Å². The molecule has 7 rings (SSSR count). The van der Waals surface area contributed by atoms with Crippen molar-refractivity contribution >= 4 is 56.7 Å². The van der Waals surface area contributed by atoms with Crippen molar-refractivity contribution in [3.05, 3.63) is 118 Å². The molecule has 0 bridgehead atoms. The molecule has 0 aromatic carbocycles. The molecule has 0 saturated carbocycles. The fourth-order valence-corrected chi connectivity index (χ4v) is 11.6. The number of rotatable bonds is 15. The minimum atomic E-state index is 0.652. The third kappa shape index (κ3) is 8.58. The molecule has 0 fully saturated rings. The molecule has 1 unspecified atom stereocenters. The van der Waals surface area contributed by atoms with Crippen molar-refractivity contribution in [2.45, 2.75) is 78.1 Å². The van der Waals surface area contributed by atoms with Gasteiger partial charge in [-0.25, -0.2) is 0 Å². The van der Waals surface area contributed by atoms with E-state index in [1.165, 1.54) is 98.4 Å². The predicted octanol–water partition coefficient (Wildman–Crippen LogP) is 14.7. The molecule has 7 heteroatoms. The van der Waals surface area contributed by atoms with Crippen molar-refractivity contribution in [1.29, 1.82) is 0 Å². The van der Waals surface area contributed by atoms with Crippen molar-refractivity contribution in [3.63, 3.8) is 0 Å². The van der Waals surface area contributed by atoms with Gasteiger partial charge in [-0.3, -0.25) is 9.97 Å². The third-order valence-electron chi connectivity index (χ3n) is 8.97. The number of pyridine rings is 2. The summed E-state index contributed by atoms with van der Waals surface area (Å²) in [7, 11) is 0. The van der Waals surface area contributed by atoms with Gasteiger partial charge in [-0.1, -0.05) is 46.0 Å². The molecule has 7 heterocycles. The fourth-order valence-electron chi connectivity index (χ4n) is 6.11. The topological polar surface area (TPSA) is 25.8 Å². The SMILES string of the molecule is CCCCCCCC(C)c1ccc(-c2ccc(-c3ccc(-c4ccc(-c5ccc(CCc6ccnc(-c7cc(C)ccn7)c6)s5)s4)s3)s2)s1. The van der Waals surface area contributed by atoms with Crippen LogP contribution < -0.4 is 0 Å². The van der Waals surface area contributed by atoms with Gasteiger partial charge in [-0.2, -0.15) is 0 Å². The number of nitrogens with zero attached hydrogens (tertiary/aromatic N) is 2. The summed E-state index contributed by atoms with van der Waals surface area (Å²) >= 11 is 9.65. The van der Waals surface area contributed by atoms with Crippen molar-refractivity contribution in [1.82, 2.24) is 9.97 Å². The molecule has 0 aliphatic carbocycles. The van der Waals surface area contributed by atoms with Crippen LogP contribution in [0.3, 0.4) is 0 Å². The number of aryl methyl sites for hydroxylation is 3. The van der Waals surface area contributed by atoms with E-state index in [9.17, 15) is 0 Å². The number of unbranched alkanes of at least 4 members (excludes halogenated alkanes) is 4. The fraction of sp³-hybridized carbons (Fsp3) is 0.286. The van der Waals surface area contributed by atoms with E-state index in [0.717, 1.165) is 24.2 Å². The van der Waals surface area contributed by atoms with Gasteiger partial charge in [-0.15, -0.1) is 56.7 Å². The minimum absolute atomic E-state index is 0.652. The van der Waals surface area contributed by atoms with Crippen molar-refractivity contribution < 1.29 is 0 Å². The maximum absolute atomic E-state index is 4.57. The highest BCUT2D eigenvalue weighted by Gasteiger charge is 2.15. The van der Waals surface area contributed by atoms with Gasteiger partial charge in [0.25, 0.3) is 0 Å². The first-order chi connectivity index (χ1) is 24.0. The zero-order chi connectivity index (χ0) is 33.6. The molecule has 0 aliphatic heterocycles. The zero-order valence-electron chi connectivity index (χ0n) is 28.4. The number of hydrogen-bond donors (Lipinski definition) is 0. The summed E-state index contributed by atoms with van der Waals surface area (Å²) in [5, 5.41) is 0. The number of aromatic nitrogens is 2. The monoisotopic (exact) mass is 734 g/mol. The van der Waals surface area contributed by atoms with Crippen molar-refractivity contribution in [3.8, 4) is 50.4 Å². The van der Waals surface area contributed by atoms with Crippen molar-refractivity contribution in [2.75, 3.05) is 0 Å². The van der Waals surface area contributed by atoms with E-state index in [4.69, 9.17) is 0 Å². The summed E-state index contributed by atoms with van der Waals surface area (Å²) in [4.78, 5) is 22.9. The van der Waals surface area contributed by atoms with Crippen LogP contribution in [0.2, 0.25) is 0 Å². The lowest BCUT2D eigenvalue weighted by atomic mass is 10.0. The maximum Gasteiger partial charge on any atom is 0.0888 e. The van der Waals surface area contributed by atoms with Gasteiger partial charge in [0.2, 0.25) is 0 Å². The van der Waals surface area contributed by atoms with Crippen LogP contribution in [0.4, 0.5) is 0 Å². The van der Waals surface area contributed by atoms with Crippen molar-refractivity contribution in [2.24, 2.45) is 0 Å². The summed E-state index contributed by atoms with van der Waals surface area (Å²) < 4.78 is 0. The Morgan fingerprint density at radius 3 is 1.69 bits per heavy atom. The molecule has 7 aromatic rings. The summed E-state index contributed by atoms with van der Waals surface area (Å²) in [5.41, 5.74) is 4.38. The Labute approximate surface area is 311 Å². The number of thiophene rings is 5. The van der Waals surface area contributed by atoms with E-state index in [2.05, 4.69) is 110 Å². The normalized spacial score (nSPS) is 12.1. The van der Waals surface area contributed by atoms with Crippen LogP contribution >= 0.6 is 56.7 Å². The summed E-state index contributed by atoms with van der Waals surface area (Å²) in [6, 6.07) is 31.6. The van der Waals surface area contributed by atoms with E-state index in [-0.39, 0.29) is 0 Å². The van der Waals surface area contributed by atoms with Crippen LogP contribution in [0.25, 0.3) is 50.4 Å². The second-order valence-electron chi connectivity index (χ2n) is 12.8. The molecular weight excluding hydrogens is 693 g/mol. The highest BCUT2D eigenvalue weighted by Crippen LogP contribution is 2.45. The van der Waals surface area contributed by atoms with Gasteiger partial charge in [0, 0.05) is 61.2 Å². The molecule has 2 nitrogen and oxygen atoms in total. The molecule has 1 atom stereocenters. The van der Waals surface area contributed by atoms with Gasteiger partial charge in [0.15, 0.2) is 0 Å². The molecule has 49 heavy (non-hydrogen) atoms. The molecular formula is C42H42N2S5. The van der Waals surface area contributed by atoms with E-state index in [1.54, 1.807) is 0 Å². The van der Waals surface area contributed by atoms with Gasteiger partial charge < -0.3 is 0 Å². The second kappa shape index (κ2) is 16.2. The van der Waals surface area contributed by atoms with Crippen LogP contribution in [-0.2, 0) is 12.8 Å². The summed E-state index contributed by atoms with van der Waals surface area (Å²) in [6.07, 6.45) is 13.9. The molecule has 250 valence electrons. The first-order valence-corrected chi connectivity index (χ1v) is 21.5. The van der Waals surface area contributed by atoms with Crippen LogP contribution in [0, 0.1) is 6.92 Å². The summed E-state index contributed by atoms with van der Waals surface area (Å²) in [5.74, 6) is 0.652. The Bertz CT molecular complexity index is 2100. The van der Waals surface area contributed by atoms with E-state index >= 15 is 0 Å². The Hall–Kier alpha value is -3.20. The number of hydrogen-bond acceptors (Lipinski definition) is 7. The highest BCUT2D eigenvalue weighted by atomic mass is 32.1. The van der Waals surface area contributed by atoms with Gasteiger partial charge in [0.05, 0.1) is 11.4 Å². The quantitative estimate of drug-likeness (QED) is 0.0980. The average molecular weight is 735 g/mol. The molecule has 0 radical (unpaired) electrons. The van der Waals surface area contributed by atoms with Crippen LogP contribution in [-0.4, -0.2) is 9.97 Å². The Morgan fingerprint density at radius 2 is 1.06 bits per heavy atom. The Morgan fingerprint density at radius 1 is 0.531 bits per heavy atom. The minimum Gasteiger partial charge on any atom is -0.255 e. The van der Waals surface area contributed by atoms with Crippen LogP contribution in [0.1, 0.15) is 79.2 Å². The van der Waals surface area contributed by atoms with E-state index in [1.807, 2.05) is 75.1 Å². The first kappa shape index (κ1) is 34.3. The lowest BCUT2D eigenvalue weighted by molar-refractivity contribution is 0.571. The average Bonchev–Trinajstić information content (AvgIpc) is 3.96. The molecule has 0 aliphatic rings. The summed E-state index contributed by atoms with van der Waals surface area (Å²) in [6.45, 7) is 6.78. The van der Waals surface area contributed by atoms with Gasteiger partial charge in [-0.05, 0) is 128 Å². The standard InChI is InChI=1S/C42H42N2S5/c1-4-5-6-7-8-9-29(3)34-14-15-37(46-34)38-18-19-41(48-38)42-21-20-40(49-42)39-17-16-36(47-39)35-13-12-31(45-35)11-10-30-23-25-44-33(27-30)32-26-28(2)22-24-43-32/h12-27,29H,4-11H2,1-3H3. The lowest BCUT2D eigenvalue weighted by Crippen LogP contribution is -1.93. The van der Waals surface area contributed by atoms with E-state index in [0.29, 0.717) is 5.92 Å². The largest absolute Gasteiger partial charge is 0.255 e. The molecule has 0 N–H and O–H groups in total. The Balaban J connectivity index is 0.959. The molecule has 0 saturated heterocycles. The third-order valence-corrected chi connectivity index (χ3v) is 15.5. The maximum atomic E-state index is 4.57. The lowest BCUT2D eigenvalue weighted by Gasteiger charge is -2.08. The van der Waals surface area contributed by atoms with E-state index < -0.39 is 0 Å².